The van der Waals surface area contributed by atoms with Crippen LogP contribution < -0.4 is 5.32 Å². The Morgan fingerprint density at radius 1 is 1.24 bits per heavy atom. The molecule has 0 aliphatic carbocycles. The van der Waals surface area contributed by atoms with E-state index in [0.29, 0.717) is 5.82 Å². The molecular formula is C12H10FN3O. The van der Waals surface area contributed by atoms with Crippen molar-refractivity contribution in [1.29, 1.82) is 0 Å². The molecule has 17 heavy (non-hydrogen) atoms. The zero-order chi connectivity index (χ0) is 12.3. The molecular weight excluding hydrogens is 221 g/mol. The van der Waals surface area contributed by atoms with E-state index in [1.165, 1.54) is 12.3 Å². The molecule has 1 amide bonds. The minimum Gasteiger partial charge on any atom is -0.307 e. The van der Waals surface area contributed by atoms with Gasteiger partial charge in [0.15, 0.2) is 0 Å². The van der Waals surface area contributed by atoms with E-state index < -0.39 is 11.9 Å². The number of pyridine rings is 2. The Morgan fingerprint density at radius 3 is 2.71 bits per heavy atom. The van der Waals surface area contributed by atoms with Gasteiger partial charge in [-0.05, 0) is 30.7 Å². The minimum absolute atomic E-state index is 0.209. The maximum Gasteiger partial charge on any atom is 0.257 e. The molecule has 0 spiro atoms. The zero-order valence-corrected chi connectivity index (χ0v) is 9.14. The molecule has 0 aliphatic rings. The fourth-order valence-electron chi connectivity index (χ4n) is 1.34. The summed E-state index contributed by atoms with van der Waals surface area (Å²) in [6.45, 7) is 1.89. The molecule has 0 saturated carbocycles. The van der Waals surface area contributed by atoms with Crippen LogP contribution in [-0.4, -0.2) is 15.9 Å². The second kappa shape index (κ2) is 4.69. The van der Waals surface area contributed by atoms with E-state index in [-0.39, 0.29) is 5.56 Å². The van der Waals surface area contributed by atoms with Crippen molar-refractivity contribution in [2.45, 2.75) is 6.92 Å². The monoisotopic (exact) mass is 231 g/mol. The zero-order valence-electron chi connectivity index (χ0n) is 9.14. The number of hydrogen-bond acceptors (Lipinski definition) is 3. The number of hydrogen-bond donors (Lipinski definition) is 1. The third-order valence-corrected chi connectivity index (χ3v) is 2.15. The van der Waals surface area contributed by atoms with Crippen molar-refractivity contribution in [3.8, 4) is 0 Å². The molecule has 2 aromatic rings. The normalized spacial score (nSPS) is 10.0. The molecule has 0 unspecified atom stereocenters. The number of rotatable bonds is 2. The third-order valence-electron chi connectivity index (χ3n) is 2.15. The van der Waals surface area contributed by atoms with Crippen LogP contribution in [0.25, 0.3) is 0 Å². The van der Waals surface area contributed by atoms with E-state index in [1.807, 2.05) is 13.0 Å². The summed E-state index contributed by atoms with van der Waals surface area (Å²) in [4.78, 5) is 19.1. The van der Waals surface area contributed by atoms with Crippen molar-refractivity contribution in [3.63, 3.8) is 0 Å². The maximum absolute atomic E-state index is 12.8. The van der Waals surface area contributed by atoms with Crippen LogP contribution in [0.5, 0.6) is 0 Å². The average Bonchev–Trinajstić information content (AvgIpc) is 2.29. The number of aryl methyl sites for hydroxylation is 1. The molecule has 4 nitrogen and oxygen atoms in total. The minimum atomic E-state index is -0.685. The molecule has 0 aromatic carbocycles. The quantitative estimate of drug-likeness (QED) is 0.806. The highest BCUT2D eigenvalue weighted by Crippen LogP contribution is 2.08. The van der Waals surface area contributed by atoms with Gasteiger partial charge in [-0.25, -0.2) is 9.97 Å². The first-order valence-corrected chi connectivity index (χ1v) is 5.01. The van der Waals surface area contributed by atoms with Gasteiger partial charge in [-0.1, -0.05) is 0 Å². The molecule has 0 bridgehead atoms. The molecule has 1 N–H and O–H groups in total. The number of nitrogens with zero attached hydrogens (tertiary/aromatic N) is 2. The van der Waals surface area contributed by atoms with Crippen LogP contribution in [0.4, 0.5) is 10.2 Å². The van der Waals surface area contributed by atoms with Gasteiger partial charge in [0.05, 0.1) is 0 Å². The summed E-state index contributed by atoms with van der Waals surface area (Å²) >= 11 is 0. The average molecular weight is 231 g/mol. The lowest BCUT2D eigenvalue weighted by Gasteiger charge is -2.04. The molecule has 0 atom stereocenters. The lowest BCUT2D eigenvalue weighted by atomic mass is 10.2. The van der Waals surface area contributed by atoms with Gasteiger partial charge in [-0.3, -0.25) is 4.79 Å². The molecule has 0 fully saturated rings. The Balaban J connectivity index is 2.17. The second-order valence-corrected chi connectivity index (χ2v) is 3.54. The first kappa shape index (κ1) is 11.2. The Labute approximate surface area is 97.5 Å². The van der Waals surface area contributed by atoms with Crippen molar-refractivity contribution < 1.29 is 9.18 Å². The second-order valence-electron chi connectivity index (χ2n) is 3.54. The number of halogens is 1. The predicted molar refractivity (Wildman–Crippen MR) is 61.1 cm³/mol. The molecule has 2 aromatic heterocycles. The van der Waals surface area contributed by atoms with Gasteiger partial charge in [0, 0.05) is 24.0 Å². The van der Waals surface area contributed by atoms with E-state index in [1.54, 1.807) is 12.3 Å². The number of aromatic nitrogens is 2. The predicted octanol–water partition coefficient (Wildman–Crippen LogP) is 2.18. The molecule has 0 aliphatic heterocycles. The fourth-order valence-corrected chi connectivity index (χ4v) is 1.34. The summed E-state index contributed by atoms with van der Waals surface area (Å²) in [6, 6.07) is 6.07. The number of nitrogens with one attached hydrogen (secondary N) is 1. The smallest absolute Gasteiger partial charge is 0.257 e. The van der Waals surface area contributed by atoms with Crippen molar-refractivity contribution in [1.82, 2.24) is 9.97 Å². The summed E-state index contributed by atoms with van der Waals surface area (Å²) in [6.07, 6.45) is 2.84. The lowest BCUT2D eigenvalue weighted by Crippen LogP contribution is -2.13. The first-order chi connectivity index (χ1) is 8.15. The molecule has 86 valence electrons. The topological polar surface area (TPSA) is 54.9 Å². The molecule has 5 heteroatoms. The largest absolute Gasteiger partial charge is 0.307 e. The van der Waals surface area contributed by atoms with E-state index >= 15 is 0 Å². The Bertz CT molecular complexity index is 557. The van der Waals surface area contributed by atoms with Crippen molar-refractivity contribution in [3.05, 3.63) is 53.7 Å². The van der Waals surface area contributed by atoms with Gasteiger partial charge in [0.2, 0.25) is 5.95 Å². The van der Waals surface area contributed by atoms with Crippen LogP contribution in [0.2, 0.25) is 0 Å². The highest BCUT2D eigenvalue weighted by Gasteiger charge is 2.07. The highest BCUT2D eigenvalue weighted by atomic mass is 19.1. The number of carbonyl (C=O) groups excluding carboxylic acids is 1. The summed E-state index contributed by atoms with van der Waals surface area (Å²) in [5.74, 6) is -0.661. The Hall–Kier alpha value is -2.30. The van der Waals surface area contributed by atoms with E-state index in [9.17, 15) is 9.18 Å². The number of carbonyl (C=O) groups is 1. The lowest BCUT2D eigenvalue weighted by molar-refractivity contribution is 0.102. The first-order valence-electron chi connectivity index (χ1n) is 5.01. The van der Waals surface area contributed by atoms with Gasteiger partial charge in [-0.15, -0.1) is 0 Å². The fraction of sp³-hybridized carbons (Fsp3) is 0.0833. The molecule has 2 heterocycles. The highest BCUT2D eigenvalue weighted by molar-refractivity contribution is 6.03. The van der Waals surface area contributed by atoms with Gasteiger partial charge in [-0.2, -0.15) is 4.39 Å². The van der Waals surface area contributed by atoms with Gasteiger partial charge in [0.1, 0.15) is 5.82 Å². The van der Waals surface area contributed by atoms with Crippen LogP contribution >= 0.6 is 0 Å². The van der Waals surface area contributed by atoms with Crippen LogP contribution in [0, 0.1) is 12.9 Å². The van der Waals surface area contributed by atoms with Crippen LogP contribution in [0.3, 0.4) is 0 Å². The van der Waals surface area contributed by atoms with Crippen molar-refractivity contribution in [2.24, 2.45) is 0 Å². The Morgan fingerprint density at radius 2 is 2.00 bits per heavy atom. The standard InChI is InChI=1S/C12H10FN3O/c1-8-2-4-15-11(6-8)16-12(17)9-3-5-14-10(13)7-9/h2-7H,1H3,(H,15,16,17). The summed E-state index contributed by atoms with van der Waals surface area (Å²) in [7, 11) is 0. The van der Waals surface area contributed by atoms with Crippen molar-refractivity contribution >= 4 is 11.7 Å². The SMILES string of the molecule is Cc1ccnc(NC(=O)c2ccnc(F)c2)c1. The molecule has 0 saturated heterocycles. The van der Waals surface area contributed by atoms with Crippen LogP contribution in [0.1, 0.15) is 15.9 Å². The van der Waals surface area contributed by atoms with Crippen LogP contribution in [-0.2, 0) is 0 Å². The van der Waals surface area contributed by atoms with Crippen LogP contribution in [0.15, 0.2) is 36.7 Å². The maximum atomic E-state index is 12.8. The summed E-state index contributed by atoms with van der Waals surface area (Å²) in [5.41, 5.74) is 1.19. The molecule has 0 radical (unpaired) electrons. The van der Waals surface area contributed by atoms with Gasteiger partial charge in [0.25, 0.3) is 5.91 Å². The van der Waals surface area contributed by atoms with E-state index in [2.05, 4.69) is 15.3 Å². The van der Waals surface area contributed by atoms with Gasteiger partial charge < -0.3 is 5.32 Å². The Kier molecular flexibility index (Phi) is 3.09. The number of anilines is 1. The van der Waals surface area contributed by atoms with Gasteiger partial charge >= 0.3 is 0 Å². The van der Waals surface area contributed by atoms with E-state index in [4.69, 9.17) is 0 Å². The van der Waals surface area contributed by atoms with Crippen molar-refractivity contribution in [2.75, 3.05) is 5.32 Å². The summed E-state index contributed by atoms with van der Waals surface area (Å²) < 4.78 is 12.8. The molecule has 2 rings (SSSR count). The number of amides is 1. The third kappa shape index (κ3) is 2.84. The summed E-state index contributed by atoms with van der Waals surface area (Å²) in [5, 5.41) is 2.58. The van der Waals surface area contributed by atoms with E-state index in [0.717, 1.165) is 11.6 Å².